The van der Waals surface area contributed by atoms with Gasteiger partial charge in [0.2, 0.25) is 0 Å². The van der Waals surface area contributed by atoms with Gasteiger partial charge in [-0.15, -0.1) is 0 Å². The Kier molecular flexibility index (Phi) is 6.81. The van der Waals surface area contributed by atoms with E-state index in [9.17, 15) is 9.18 Å². The zero-order valence-electron chi connectivity index (χ0n) is 18.0. The van der Waals surface area contributed by atoms with Crippen molar-refractivity contribution in [3.63, 3.8) is 0 Å². The molecule has 0 unspecified atom stereocenters. The molecule has 2 aliphatic rings. The maximum absolute atomic E-state index is 15.2. The predicted octanol–water partition coefficient (Wildman–Crippen LogP) is 5.21. The third-order valence-electron chi connectivity index (χ3n) is 6.30. The number of likely N-dealkylation sites (tertiary alicyclic amines) is 1. The van der Waals surface area contributed by atoms with Crippen LogP contribution in [-0.4, -0.2) is 44.3 Å². The predicted molar refractivity (Wildman–Crippen MR) is 118 cm³/mol. The number of methoxy groups -OCH3 is 1. The van der Waals surface area contributed by atoms with Crippen LogP contribution in [0, 0.1) is 11.7 Å². The summed E-state index contributed by atoms with van der Waals surface area (Å²) in [5.41, 5.74) is 5.08. The molecule has 1 aliphatic heterocycles. The molecule has 2 aromatic carbocycles. The normalized spacial score (nSPS) is 16.8. The maximum Gasteiger partial charge on any atom is 0.337 e. The van der Waals surface area contributed by atoms with E-state index in [0.717, 1.165) is 67.6 Å². The molecule has 2 aromatic rings. The number of benzene rings is 2. The van der Waals surface area contributed by atoms with E-state index in [1.807, 2.05) is 24.3 Å². The molecule has 1 saturated heterocycles. The summed E-state index contributed by atoms with van der Waals surface area (Å²) in [6.07, 6.45) is 6.23. The summed E-state index contributed by atoms with van der Waals surface area (Å²) in [5, 5.41) is 0. The molecule has 0 spiro atoms. The van der Waals surface area contributed by atoms with E-state index >= 15 is 4.39 Å². The summed E-state index contributed by atoms with van der Waals surface area (Å²) in [4.78, 5) is 14.2. The van der Waals surface area contributed by atoms with Crippen molar-refractivity contribution in [1.29, 1.82) is 0 Å². The Morgan fingerprint density at radius 1 is 1.16 bits per heavy atom. The lowest BCUT2D eigenvalue weighted by molar-refractivity contribution is 0.0600. The molecule has 0 saturated carbocycles. The van der Waals surface area contributed by atoms with Crippen LogP contribution in [0.15, 0.2) is 42.5 Å². The number of carbonyl (C=O) groups excluding carboxylic acids is 1. The highest BCUT2D eigenvalue weighted by molar-refractivity contribution is 5.91. The second kappa shape index (κ2) is 9.73. The Hall–Kier alpha value is -2.53. The van der Waals surface area contributed by atoms with Crippen molar-refractivity contribution in [3.8, 4) is 0 Å². The third kappa shape index (κ3) is 4.87. The molecule has 0 bridgehead atoms. The van der Waals surface area contributed by atoms with Gasteiger partial charge in [0, 0.05) is 25.2 Å². The topological polar surface area (TPSA) is 29.5 Å². The van der Waals surface area contributed by atoms with E-state index in [0.29, 0.717) is 23.5 Å². The Morgan fingerprint density at radius 2 is 1.97 bits per heavy atom. The molecular formula is C26H29F2NO2. The minimum Gasteiger partial charge on any atom is -0.465 e. The molecule has 3 nitrogen and oxygen atoms in total. The smallest absolute Gasteiger partial charge is 0.337 e. The second-order valence-electron chi connectivity index (χ2n) is 8.56. The van der Waals surface area contributed by atoms with E-state index in [1.165, 1.54) is 7.11 Å². The molecular weight excluding hydrogens is 396 g/mol. The van der Waals surface area contributed by atoms with Crippen molar-refractivity contribution >= 4 is 11.5 Å². The molecule has 1 fully saturated rings. The largest absolute Gasteiger partial charge is 0.465 e. The van der Waals surface area contributed by atoms with Crippen LogP contribution in [0.25, 0.3) is 5.57 Å². The molecule has 164 valence electrons. The maximum atomic E-state index is 15.2. The number of fused-ring (bicyclic) bond motifs is 1. The first-order valence-electron chi connectivity index (χ1n) is 11.1. The van der Waals surface area contributed by atoms with Crippen LogP contribution in [0.5, 0.6) is 0 Å². The fraction of sp³-hybridized carbons (Fsp3) is 0.423. The van der Waals surface area contributed by atoms with Gasteiger partial charge in [-0.2, -0.15) is 0 Å². The molecule has 1 heterocycles. The molecule has 0 amide bonds. The van der Waals surface area contributed by atoms with Crippen LogP contribution in [-0.2, 0) is 17.6 Å². The van der Waals surface area contributed by atoms with Gasteiger partial charge < -0.3 is 9.64 Å². The number of allylic oxidation sites excluding steroid dienone is 1. The summed E-state index contributed by atoms with van der Waals surface area (Å²) >= 11 is 0. The van der Waals surface area contributed by atoms with Gasteiger partial charge in [-0.05, 0) is 78.5 Å². The summed E-state index contributed by atoms with van der Waals surface area (Å²) in [7, 11) is 1.38. The fourth-order valence-corrected chi connectivity index (χ4v) is 4.72. The number of hydrogen-bond donors (Lipinski definition) is 0. The lowest BCUT2D eigenvalue weighted by atomic mass is 9.89. The lowest BCUT2D eigenvalue weighted by Crippen LogP contribution is -2.47. The van der Waals surface area contributed by atoms with Gasteiger partial charge in [0.1, 0.15) is 5.82 Å². The quantitative estimate of drug-likeness (QED) is 0.570. The van der Waals surface area contributed by atoms with Gasteiger partial charge in [-0.1, -0.05) is 24.3 Å². The third-order valence-corrected chi connectivity index (χ3v) is 6.30. The minimum absolute atomic E-state index is 0.206. The van der Waals surface area contributed by atoms with E-state index < -0.39 is 0 Å². The van der Waals surface area contributed by atoms with Crippen molar-refractivity contribution < 1.29 is 18.3 Å². The highest BCUT2D eigenvalue weighted by Gasteiger charge is 2.26. The number of esters is 1. The van der Waals surface area contributed by atoms with E-state index in [-0.39, 0.29) is 18.5 Å². The highest BCUT2D eigenvalue weighted by atomic mass is 19.1. The lowest BCUT2D eigenvalue weighted by Gasteiger charge is -2.39. The summed E-state index contributed by atoms with van der Waals surface area (Å²) in [6.45, 7) is 2.47. The van der Waals surface area contributed by atoms with Gasteiger partial charge in [0.15, 0.2) is 0 Å². The van der Waals surface area contributed by atoms with Crippen LogP contribution in [0.2, 0.25) is 0 Å². The van der Waals surface area contributed by atoms with Gasteiger partial charge >= 0.3 is 5.97 Å². The van der Waals surface area contributed by atoms with Crippen LogP contribution in [0.4, 0.5) is 8.78 Å². The molecule has 1 aliphatic carbocycles. The monoisotopic (exact) mass is 425 g/mol. The number of rotatable bonds is 7. The fourth-order valence-electron chi connectivity index (χ4n) is 4.72. The molecule has 31 heavy (non-hydrogen) atoms. The Bertz CT molecular complexity index is 979. The molecule has 5 heteroatoms. The number of carbonyl (C=O) groups is 1. The molecule has 0 aromatic heterocycles. The van der Waals surface area contributed by atoms with Crippen molar-refractivity contribution in [2.24, 2.45) is 5.92 Å². The van der Waals surface area contributed by atoms with Crippen LogP contribution in [0.1, 0.15) is 51.9 Å². The number of halogens is 2. The zero-order chi connectivity index (χ0) is 21.8. The van der Waals surface area contributed by atoms with Gasteiger partial charge in [0.05, 0.1) is 19.3 Å². The number of hydrogen-bond acceptors (Lipinski definition) is 3. The number of nitrogens with zero attached hydrogens (tertiary/aromatic N) is 1. The van der Waals surface area contributed by atoms with Crippen molar-refractivity contribution in [2.45, 2.75) is 32.1 Å². The standard InChI is InChI=1S/C26H29F2NO2/c1-31-26(30)21-8-10-22-20(15-21)5-2-3-6-23(22)24-9-7-18(14-25(24)28)13-19-16-29(17-19)12-4-11-27/h6-10,14-15,19H,2-5,11-13,16-17H2,1H3. The summed E-state index contributed by atoms with van der Waals surface area (Å²) < 4.78 is 32.3. The summed E-state index contributed by atoms with van der Waals surface area (Å²) in [5.74, 6) is -0.0472. The van der Waals surface area contributed by atoms with Crippen LogP contribution < -0.4 is 0 Å². The molecule has 0 atom stereocenters. The van der Waals surface area contributed by atoms with Crippen molar-refractivity contribution in [3.05, 3.63) is 76.1 Å². The molecule has 0 radical (unpaired) electrons. The van der Waals surface area contributed by atoms with E-state index in [2.05, 4.69) is 11.0 Å². The number of aryl methyl sites for hydroxylation is 1. The van der Waals surface area contributed by atoms with Gasteiger partial charge in [-0.25, -0.2) is 9.18 Å². The first-order chi connectivity index (χ1) is 15.1. The minimum atomic E-state index is -0.354. The van der Waals surface area contributed by atoms with E-state index in [4.69, 9.17) is 4.74 Å². The Morgan fingerprint density at radius 3 is 2.71 bits per heavy atom. The highest BCUT2D eigenvalue weighted by Crippen LogP contribution is 2.34. The Balaban J connectivity index is 1.51. The number of alkyl halides is 1. The number of ether oxygens (including phenoxy) is 1. The second-order valence-corrected chi connectivity index (χ2v) is 8.56. The molecule has 4 rings (SSSR count). The van der Waals surface area contributed by atoms with E-state index in [1.54, 1.807) is 12.1 Å². The Labute approximate surface area is 182 Å². The SMILES string of the molecule is COC(=O)c1ccc2c(c1)CCCC=C2c1ccc(CC2CN(CCCF)C2)cc1F. The molecule has 0 N–H and O–H groups in total. The van der Waals surface area contributed by atoms with Gasteiger partial charge in [-0.3, -0.25) is 4.39 Å². The first-order valence-corrected chi connectivity index (χ1v) is 11.1. The van der Waals surface area contributed by atoms with Gasteiger partial charge in [0.25, 0.3) is 0 Å². The summed E-state index contributed by atoms with van der Waals surface area (Å²) in [6, 6.07) is 11.1. The average molecular weight is 426 g/mol. The van der Waals surface area contributed by atoms with Crippen LogP contribution >= 0.6 is 0 Å². The van der Waals surface area contributed by atoms with Crippen molar-refractivity contribution in [1.82, 2.24) is 4.90 Å². The zero-order valence-corrected chi connectivity index (χ0v) is 18.0. The van der Waals surface area contributed by atoms with Crippen molar-refractivity contribution in [2.75, 3.05) is 33.4 Å². The first kappa shape index (κ1) is 21.7. The van der Waals surface area contributed by atoms with Crippen LogP contribution in [0.3, 0.4) is 0 Å². The average Bonchev–Trinajstić information content (AvgIpc) is 2.96.